The molecule has 132 valence electrons. The summed E-state index contributed by atoms with van der Waals surface area (Å²) in [5.74, 6) is 1.08. The van der Waals surface area contributed by atoms with Crippen molar-refractivity contribution in [2.45, 2.75) is 51.1 Å². The number of hydrogen-bond donors (Lipinski definition) is 2. The van der Waals surface area contributed by atoms with Crippen LogP contribution in [0.2, 0.25) is 0 Å². The van der Waals surface area contributed by atoms with Gasteiger partial charge < -0.3 is 11.1 Å². The highest BCUT2D eigenvalue weighted by Crippen LogP contribution is 2.39. The lowest BCUT2D eigenvalue weighted by Crippen LogP contribution is -2.53. The average Bonchev–Trinajstić information content (AvgIpc) is 3.09. The van der Waals surface area contributed by atoms with Crippen molar-refractivity contribution in [3.8, 4) is 5.69 Å². The number of rotatable bonds is 3. The molecule has 3 N–H and O–H groups in total. The summed E-state index contributed by atoms with van der Waals surface area (Å²) in [5.41, 5.74) is 8.83. The van der Waals surface area contributed by atoms with E-state index in [9.17, 15) is 4.79 Å². The van der Waals surface area contributed by atoms with Gasteiger partial charge in [0.15, 0.2) is 0 Å². The smallest absolute Gasteiger partial charge is 0.251 e. The van der Waals surface area contributed by atoms with Crippen LogP contribution in [0, 0.1) is 18.8 Å². The summed E-state index contributed by atoms with van der Waals surface area (Å²) in [6.45, 7) is 1.99. The Morgan fingerprint density at radius 2 is 2.04 bits per heavy atom. The van der Waals surface area contributed by atoms with Gasteiger partial charge in [0.05, 0.1) is 5.69 Å². The minimum Gasteiger partial charge on any atom is -0.349 e. The molecule has 1 amide bonds. The van der Waals surface area contributed by atoms with Crippen LogP contribution >= 0.6 is 0 Å². The lowest BCUT2D eigenvalue weighted by molar-refractivity contribution is 0.0756. The molecule has 2 aromatic rings. The molecule has 2 bridgehead atoms. The van der Waals surface area contributed by atoms with E-state index in [2.05, 4.69) is 15.4 Å². The molecule has 0 spiro atoms. The maximum absolute atomic E-state index is 12.8. The third-order valence-corrected chi connectivity index (χ3v) is 5.80. The number of carbonyl (C=O) groups is 1. The SMILES string of the molecule is Cc1cc(C(=O)NC2C3CCCC2CC(N)C3)ccc1-n1cncn1. The summed E-state index contributed by atoms with van der Waals surface area (Å²) in [7, 11) is 0. The molecule has 25 heavy (non-hydrogen) atoms. The summed E-state index contributed by atoms with van der Waals surface area (Å²) in [4.78, 5) is 16.8. The number of nitrogens with two attached hydrogens (primary N) is 1. The molecule has 0 radical (unpaired) electrons. The van der Waals surface area contributed by atoms with Gasteiger partial charge in [-0.1, -0.05) is 6.42 Å². The number of amides is 1. The van der Waals surface area contributed by atoms with Gasteiger partial charge in [0.25, 0.3) is 5.91 Å². The summed E-state index contributed by atoms with van der Waals surface area (Å²) < 4.78 is 1.71. The van der Waals surface area contributed by atoms with E-state index in [0.717, 1.165) is 24.1 Å². The molecule has 2 atom stereocenters. The predicted molar refractivity (Wildman–Crippen MR) is 95.4 cm³/mol. The number of nitrogens with one attached hydrogen (secondary N) is 1. The first-order chi connectivity index (χ1) is 12.1. The quantitative estimate of drug-likeness (QED) is 0.898. The van der Waals surface area contributed by atoms with Crippen LogP contribution in [0.4, 0.5) is 0 Å². The van der Waals surface area contributed by atoms with Gasteiger partial charge in [-0.25, -0.2) is 9.67 Å². The molecule has 0 saturated heterocycles. The Kier molecular flexibility index (Phi) is 4.29. The van der Waals surface area contributed by atoms with Gasteiger partial charge in [0, 0.05) is 17.6 Å². The van der Waals surface area contributed by atoms with Crippen LogP contribution in [0.25, 0.3) is 5.69 Å². The van der Waals surface area contributed by atoms with Crippen molar-refractivity contribution in [1.29, 1.82) is 0 Å². The number of carbonyl (C=O) groups excluding carboxylic acids is 1. The van der Waals surface area contributed by atoms with E-state index < -0.39 is 0 Å². The van der Waals surface area contributed by atoms with Crippen LogP contribution in [0.3, 0.4) is 0 Å². The van der Waals surface area contributed by atoms with E-state index in [4.69, 9.17) is 5.73 Å². The molecule has 6 nitrogen and oxygen atoms in total. The highest BCUT2D eigenvalue weighted by molar-refractivity contribution is 5.95. The highest BCUT2D eigenvalue weighted by Gasteiger charge is 2.39. The maximum Gasteiger partial charge on any atom is 0.251 e. The molecule has 1 heterocycles. The van der Waals surface area contributed by atoms with Gasteiger partial charge in [0.1, 0.15) is 12.7 Å². The molecule has 2 saturated carbocycles. The Hall–Kier alpha value is -2.21. The van der Waals surface area contributed by atoms with Crippen molar-refractivity contribution in [2.24, 2.45) is 17.6 Å². The summed E-state index contributed by atoms with van der Waals surface area (Å²) in [5, 5.41) is 7.46. The minimum absolute atomic E-state index is 0.0191. The number of nitrogens with zero attached hydrogens (tertiary/aromatic N) is 3. The average molecular weight is 339 g/mol. The first-order valence-electron chi connectivity index (χ1n) is 9.14. The zero-order valence-electron chi connectivity index (χ0n) is 14.6. The highest BCUT2D eigenvalue weighted by atomic mass is 16.1. The molecule has 0 aliphatic heterocycles. The van der Waals surface area contributed by atoms with Crippen LogP contribution in [-0.2, 0) is 0 Å². The van der Waals surface area contributed by atoms with Crippen molar-refractivity contribution >= 4 is 5.91 Å². The van der Waals surface area contributed by atoms with E-state index in [1.54, 1.807) is 11.0 Å². The number of aryl methyl sites for hydroxylation is 1. The third kappa shape index (κ3) is 3.18. The number of benzene rings is 1. The van der Waals surface area contributed by atoms with E-state index >= 15 is 0 Å². The number of fused-ring (bicyclic) bond motifs is 2. The Balaban J connectivity index is 1.51. The third-order valence-electron chi connectivity index (χ3n) is 5.80. The fourth-order valence-corrected chi connectivity index (χ4v) is 4.65. The minimum atomic E-state index is 0.0191. The second kappa shape index (κ2) is 6.59. The first-order valence-corrected chi connectivity index (χ1v) is 9.14. The van der Waals surface area contributed by atoms with Crippen LogP contribution in [-0.4, -0.2) is 32.8 Å². The molecular formula is C19H25N5O. The van der Waals surface area contributed by atoms with Crippen molar-refractivity contribution in [3.05, 3.63) is 42.0 Å². The largest absolute Gasteiger partial charge is 0.349 e. The maximum atomic E-state index is 12.8. The zero-order valence-corrected chi connectivity index (χ0v) is 14.6. The monoisotopic (exact) mass is 339 g/mol. The Labute approximate surface area is 147 Å². The van der Waals surface area contributed by atoms with E-state index in [1.165, 1.54) is 25.6 Å². The topological polar surface area (TPSA) is 85.8 Å². The molecule has 6 heteroatoms. The normalized spacial score (nSPS) is 28.6. The molecule has 1 aromatic carbocycles. The predicted octanol–water partition coefficient (Wildman–Crippen LogP) is 2.21. The van der Waals surface area contributed by atoms with E-state index in [-0.39, 0.29) is 11.9 Å². The molecule has 2 aliphatic carbocycles. The molecule has 2 unspecified atom stereocenters. The van der Waals surface area contributed by atoms with Gasteiger partial charge in [-0.3, -0.25) is 4.79 Å². The van der Waals surface area contributed by atoms with Gasteiger partial charge in [-0.2, -0.15) is 5.10 Å². The number of hydrogen-bond acceptors (Lipinski definition) is 4. The summed E-state index contributed by atoms with van der Waals surface area (Å²) >= 11 is 0. The second-order valence-electron chi connectivity index (χ2n) is 7.52. The standard InChI is InChI=1S/C19H25N5O/c1-12-7-15(5-6-17(12)24-11-21-10-22-24)19(25)23-18-13-3-2-4-14(18)9-16(20)8-13/h5-7,10-11,13-14,16,18H,2-4,8-9,20H2,1H3,(H,23,25). The van der Waals surface area contributed by atoms with E-state index in [0.29, 0.717) is 23.4 Å². The Morgan fingerprint density at radius 3 is 2.68 bits per heavy atom. The molecule has 2 aliphatic rings. The lowest BCUT2D eigenvalue weighted by Gasteiger charge is -2.45. The van der Waals surface area contributed by atoms with Gasteiger partial charge in [-0.15, -0.1) is 0 Å². The van der Waals surface area contributed by atoms with Crippen molar-refractivity contribution in [2.75, 3.05) is 0 Å². The van der Waals surface area contributed by atoms with E-state index in [1.807, 2.05) is 25.1 Å². The van der Waals surface area contributed by atoms with Gasteiger partial charge in [0.2, 0.25) is 0 Å². The summed E-state index contributed by atoms with van der Waals surface area (Å²) in [6.07, 6.45) is 8.86. The zero-order chi connectivity index (χ0) is 17.4. The van der Waals surface area contributed by atoms with Crippen molar-refractivity contribution < 1.29 is 4.79 Å². The van der Waals surface area contributed by atoms with Crippen molar-refractivity contribution in [3.63, 3.8) is 0 Å². The second-order valence-corrected chi connectivity index (χ2v) is 7.52. The summed E-state index contributed by atoms with van der Waals surface area (Å²) in [6, 6.07) is 6.29. The fraction of sp³-hybridized carbons (Fsp3) is 0.526. The first kappa shape index (κ1) is 16.3. The molecule has 4 rings (SSSR count). The van der Waals surface area contributed by atoms with Crippen LogP contribution in [0.5, 0.6) is 0 Å². The Bertz CT molecular complexity index is 743. The Morgan fingerprint density at radius 1 is 1.28 bits per heavy atom. The van der Waals surface area contributed by atoms with Gasteiger partial charge in [-0.05, 0) is 68.2 Å². The number of aromatic nitrogens is 3. The van der Waals surface area contributed by atoms with Crippen LogP contribution in [0.15, 0.2) is 30.9 Å². The molecular weight excluding hydrogens is 314 g/mol. The van der Waals surface area contributed by atoms with Gasteiger partial charge >= 0.3 is 0 Å². The molecule has 2 fully saturated rings. The van der Waals surface area contributed by atoms with Crippen LogP contribution in [0.1, 0.15) is 48.0 Å². The van der Waals surface area contributed by atoms with Crippen LogP contribution < -0.4 is 11.1 Å². The van der Waals surface area contributed by atoms with Crippen molar-refractivity contribution in [1.82, 2.24) is 20.1 Å². The fourth-order valence-electron chi connectivity index (χ4n) is 4.65. The molecule has 1 aromatic heterocycles. The lowest BCUT2D eigenvalue weighted by atomic mass is 9.67.